The van der Waals surface area contributed by atoms with Gasteiger partial charge >= 0.3 is 12.1 Å². The molecule has 2 fully saturated rings. The van der Waals surface area contributed by atoms with Crippen LogP contribution in [-0.4, -0.2) is 72.1 Å². The average Bonchev–Trinajstić information content (AvgIpc) is 2.38. The molecule has 0 saturated carbocycles. The zero-order chi connectivity index (χ0) is 17.4. The highest BCUT2D eigenvalue weighted by atomic mass is 16.6. The number of likely N-dealkylation sites (tertiary alicyclic amines) is 1. The zero-order valence-corrected chi connectivity index (χ0v) is 14.5. The van der Waals surface area contributed by atoms with E-state index in [0.29, 0.717) is 6.54 Å². The van der Waals surface area contributed by atoms with Crippen LogP contribution in [0, 0.1) is 5.92 Å². The van der Waals surface area contributed by atoms with Gasteiger partial charge in [0.15, 0.2) is 0 Å². The van der Waals surface area contributed by atoms with E-state index < -0.39 is 23.6 Å². The number of rotatable bonds is 2. The van der Waals surface area contributed by atoms with Crippen LogP contribution in [0.25, 0.3) is 0 Å². The van der Waals surface area contributed by atoms with Crippen LogP contribution in [0.3, 0.4) is 0 Å². The number of carbonyl (C=O) groups is 3. The molecule has 7 heteroatoms. The molecule has 3 atom stereocenters. The van der Waals surface area contributed by atoms with E-state index in [4.69, 9.17) is 9.47 Å². The number of ketones is 1. The molecule has 0 N–H and O–H groups in total. The first-order valence-electron chi connectivity index (χ1n) is 8.03. The lowest BCUT2D eigenvalue weighted by atomic mass is 9.81. The second-order valence-electron chi connectivity index (χ2n) is 7.17. The van der Waals surface area contributed by atoms with Crippen molar-refractivity contribution in [1.29, 1.82) is 0 Å². The molecule has 0 aromatic carbocycles. The minimum absolute atomic E-state index is 0.0838. The molecule has 7 nitrogen and oxygen atoms in total. The van der Waals surface area contributed by atoms with Gasteiger partial charge in [0.2, 0.25) is 0 Å². The fourth-order valence-electron chi connectivity index (χ4n) is 3.20. The molecule has 2 rings (SSSR count). The average molecular weight is 326 g/mol. The predicted molar refractivity (Wildman–Crippen MR) is 82.9 cm³/mol. The van der Waals surface area contributed by atoms with E-state index in [-0.39, 0.29) is 37.4 Å². The summed E-state index contributed by atoms with van der Waals surface area (Å²) >= 11 is 0. The fraction of sp³-hybridized carbons (Fsp3) is 0.812. The Bertz CT molecular complexity index is 491. The molecule has 2 heterocycles. The molecule has 0 radical (unpaired) electrons. The number of carbonyl (C=O) groups excluding carboxylic acids is 3. The molecule has 1 amide bonds. The molecular weight excluding hydrogens is 300 g/mol. The zero-order valence-electron chi connectivity index (χ0n) is 14.5. The first kappa shape index (κ1) is 17.7. The lowest BCUT2D eigenvalue weighted by Gasteiger charge is -2.49. The number of hydrogen-bond acceptors (Lipinski definition) is 6. The van der Waals surface area contributed by atoms with E-state index in [1.807, 2.05) is 32.7 Å². The van der Waals surface area contributed by atoms with Crippen LogP contribution in [0.2, 0.25) is 0 Å². The summed E-state index contributed by atoms with van der Waals surface area (Å²) in [6.45, 7) is 8.11. The second kappa shape index (κ2) is 6.47. The Morgan fingerprint density at radius 3 is 2.48 bits per heavy atom. The van der Waals surface area contributed by atoms with Crippen LogP contribution in [0.5, 0.6) is 0 Å². The maximum Gasteiger partial charge on any atom is 0.410 e. The highest BCUT2D eigenvalue weighted by Crippen LogP contribution is 2.31. The van der Waals surface area contributed by atoms with Gasteiger partial charge in [-0.1, -0.05) is 0 Å². The lowest BCUT2D eigenvalue weighted by molar-refractivity contribution is -0.161. The first-order chi connectivity index (χ1) is 10.6. The molecule has 2 bridgehead atoms. The van der Waals surface area contributed by atoms with Crippen LogP contribution in [0.4, 0.5) is 4.79 Å². The van der Waals surface area contributed by atoms with E-state index in [1.54, 1.807) is 11.8 Å². The van der Waals surface area contributed by atoms with Crippen molar-refractivity contribution < 1.29 is 23.9 Å². The van der Waals surface area contributed by atoms with E-state index >= 15 is 0 Å². The fourth-order valence-corrected chi connectivity index (χ4v) is 3.20. The molecule has 2 saturated heterocycles. The Morgan fingerprint density at radius 1 is 1.26 bits per heavy atom. The molecule has 0 aromatic rings. The molecule has 0 aromatic heterocycles. The Hall–Kier alpha value is -1.63. The van der Waals surface area contributed by atoms with Crippen molar-refractivity contribution in [2.75, 3.05) is 26.7 Å². The SMILES string of the molecule is CCOC(=O)[C@@H]1C(=O)C[C@@H]2CN(C(=O)OC(C)(C)C)C[C@@H]1N2C. The van der Waals surface area contributed by atoms with Crippen LogP contribution in [0.1, 0.15) is 34.1 Å². The van der Waals surface area contributed by atoms with Gasteiger partial charge in [0.05, 0.1) is 6.61 Å². The Labute approximate surface area is 136 Å². The maximum absolute atomic E-state index is 12.3. The topological polar surface area (TPSA) is 76.2 Å². The first-order valence-corrected chi connectivity index (χ1v) is 8.03. The number of hydrogen-bond donors (Lipinski definition) is 0. The highest BCUT2D eigenvalue weighted by Gasteiger charge is 2.50. The van der Waals surface area contributed by atoms with E-state index in [1.165, 1.54) is 0 Å². The molecule has 2 aliphatic heterocycles. The number of amides is 1. The van der Waals surface area contributed by atoms with Gasteiger partial charge in [-0.15, -0.1) is 0 Å². The minimum Gasteiger partial charge on any atom is -0.465 e. The molecule has 2 aliphatic rings. The molecule has 0 unspecified atom stereocenters. The number of likely N-dealkylation sites (N-methyl/N-ethyl adjacent to an activating group) is 1. The third-order valence-corrected chi connectivity index (χ3v) is 4.30. The van der Waals surface area contributed by atoms with Gasteiger partial charge in [0, 0.05) is 31.6 Å². The number of piperazine rings is 1. The number of ether oxygens (including phenoxy) is 2. The van der Waals surface area contributed by atoms with Gasteiger partial charge in [0.1, 0.15) is 17.3 Å². The summed E-state index contributed by atoms with van der Waals surface area (Å²) in [6.07, 6.45) is -0.159. The standard InChI is InChI=1S/C16H26N2O5/c1-6-22-14(20)13-11-9-18(15(21)23-16(2,3)4)8-10(17(11)5)7-12(13)19/h10-11,13H,6-9H2,1-5H3/t10-,11+,13+/m1/s1. The van der Waals surface area contributed by atoms with Crippen LogP contribution in [-0.2, 0) is 19.1 Å². The van der Waals surface area contributed by atoms with Gasteiger partial charge in [-0.3, -0.25) is 14.5 Å². The molecular formula is C16H26N2O5. The normalized spacial score (nSPS) is 28.5. The van der Waals surface area contributed by atoms with Crippen LogP contribution < -0.4 is 0 Å². The number of piperidine rings is 1. The summed E-state index contributed by atoms with van der Waals surface area (Å²) in [6, 6.07) is -0.444. The van der Waals surface area contributed by atoms with Gasteiger partial charge in [-0.2, -0.15) is 0 Å². The summed E-state index contributed by atoms with van der Waals surface area (Å²) in [4.78, 5) is 40.4. The number of Topliss-reactive ketones (excluding diaryl/α,β-unsaturated/α-hetero) is 1. The molecule has 0 aliphatic carbocycles. The summed E-state index contributed by atoms with van der Waals surface area (Å²) in [7, 11) is 1.89. The van der Waals surface area contributed by atoms with Crippen molar-refractivity contribution in [2.45, 2.75) is 51.8 Å². The smallest absolute Gasteiger partial charge is 0.410 e. The number of nitrogens with zero attached hydrogens (tertiary/aromatic N) is 2. The van der Waals surface area contributed by atoms with Crippen molar-refractivity contribution in [2.24, 2.45) is 5.92 Å². The van der Waals surface area contributed by atoms with Gasteiger partial charge in [-0.25, -0.2) is 4.79 Å². The van der Waals surface area contributed by atoms with Crippen molar-refractivity contribution in [3.05, 3.63) is 0 Å². The second-order valence-corrected chi connectivity index (χ2v) is 7.17. The van der Waals surface area contributed by atoms with E-state index in [9.17, 15) is 14.4 Å². The lowest BCUT2D eigenvalue weighted by Crippen LogP contribution is -2.67. The Balaban J connectivity index is 2.16. The quantitative estimate of drug-likeness (QED) is 0.558. The molecule has 130 valence electrons. The van der Waals surface area contributed by atoms with Crippen molar-refractivity contribution in [3.63, 3.8) is 0 Å². The van der Waals surface area contributed by atoms with Crippen molar-refractivity contribution in [3.8, 4) is 0 Å². The highest BCUT2D eigenvalue weighted by molar-refractivity contribution is 6.01. The van der Waals surface area contributed by atoms with E-state index in [0.717, 1.165) is 0 Å². The summed E-state index contributed by atoms with van der Waals surface area (Å²) in [5, 5.41) is 0. The monoisotopic (exact) mass is 326 g/mol. The van der Waals surface area contributed by atoms with Crippen molar-refractivity contribution >= 4 is 17.8 Å². The summed E-state index contributed by atoms with van der Waals surface area (Å²) < 4.78 is 10.5. The van der Waals surface area contributed by atoms with Crippen LogP contribution in [0.15, 0.2) is 0 Å². The maximum atomic E-state index is 12.3. The molecule has 23 heavy (non-hydrogen) atoms. The summed E-state index contributed by atoms with van der Waals surface area (Å²) in [5.41, 5.74) is -0.577. The Kier molecular flexibility index (Phi) is 4.98. The van der Waals surface area contributed by atoms with Gasteiger partial charge < -0.3 is 14.4 Å². The predicted octanol–water partition coefficient (Wildman–Crippen LogP) is 1.06. The Morgan fingerprint density at radius 2 is 1.91 bits per heavy atom. The minimum atomic E-state index is -0.832. The number of esters is 1. The van der Waals surface area contributed by atoms with E-state index in [2.05, 4.69) is 0 Å². The molecule has 0 spiro atoms. The van der Waals surface area contributed by atoms with Gasteiger partial charge in [0.25, 0.3) is 0 Å². The summed E-state index contributed by atoms with van der Waals surface area (Å²) in [5.74, 6) is -1.43. The largest absolute Gasteiger partial charge is 0.465 e. The van der Waals surface area contributed by atoms with Crippen molar-refractivity contribution in [1.82, 2.24) is 9.80 Å². The number of fused-ring (bicyclic) bond motifs is 2. The third-order valence-electron chi connectivity index (χ3n) is 4.30. The van der Waals surface area contributed by atoms with Gasteiger partial charge in [-0.05, 0) is 34.7 Å². The van der Waals surface area contributed by atoms with Crippen LogP contribution >= 0.6 is 0 Å². The third kappa shape index (κ3) is 3.83.